The molecule has 0 bridgehead atoms. The van der Waals surface area contributed by atoms with E-state index in [1.54, 1.807) is 14.1 Å². The van der Waals surface area contributed by atoms with Crippen LogP contribution in [0.25, 0.3) is 0 Å². The lowest BCUT2D eigenvalue weighted by Gasteiger charge is -2.16. The molecule has 1 aromatic rings. The highest BCUT2D eigenvalue weighted by Gasteiger charge is 2.13. The van der Waals surface area contributed by atoms with Crippen LogP contribution < -0.4 is 9.80 Å². The third-order valence-corrected chi connectivity index (χ3v) is 2.09. The summed E-state index contributed by atoms with van der Waals surface area (Å²) in [5.74, 6) is 0.0430. The minimum atomic E-state index is -0.192. The molecular weight excluding hydrogens is 210 g/mol. The highest BCUT2D eigenvalue weighted by atomic mass is 16.2. The van der Waals surface area contributed by atoms with Crippen LogP contribution in [-0.2, 0) is 9.59 Å². The number of hydrogen-bond acceptors (Lipinski definition) is 5. The maximum absolute atomic E-state index is 11.1. The molecule has 0 N–H and O–H groups in total. The first kappa shape index (κ1) is 12.0. The van der Waals surface area contributed by atoms with Crippen LogP contribution in [-0.4, -0.2) is 40.9 Å². The number of carbonyl (C=O) groups excluding carboxylic acids is 2. The zero-order valence-electron chi connectivity index (χ0n) is 9.63. The molecular formula is C9H13N5O2. The van der Waals surface area contributed by atoms with Crippen LogP contribution in [0.3, 0.4) is 0 Å². The van der Waals surface area contributed by atoms with Crippen LogP contribution in [0.2, 0.25) is 0 Å². The molecule has 0 fully saturated rings. The minimum Gasteiger partial charge on any atom is -0.284 e. The van der Waals surface area contributed by atoms with Gasteiger partial charge in [-0.2, -0.15) is 4.98 Å². The fourth-order valence-electron chi connectivity index (χ4n) is 0.884. The van der Waals surface area contributed by atoms with E-state index in [-0.39, 0.29) is 23.7 Å². The van der Waals surface area contributed by atoms with Crippen molar-refractivity contribution in [1.29, 1.82) is 0 Å². The number of anilines is 2. The van der Waals surface area contributed by atoms with Crippen LogP contribution in [0.1, 0.15) is 13.8 Å². The van der Waals surface area contributed by atoms with Gasteiger partial charge in [-0.1, -0.05) is 0 Å². The van der Waals surface area contributed by atoms with Crippen LogP contribution in [0.5, 0.6) is 0 Å². The number of carbonyl (C=O) groups is 2. The Kier molecular flexibility index (Phi) is 3.49. The Labute approximate surface area is 93.1 Å². The number of amides is 2. The molecule has 16 heavy (non-hydrogen) atoms. The maximum atomic E-state index is 11.1. The summed E-state index contributed by atoms with van der Waals surface area (Å²) >= 11 is 0. The second kappa shape index (κ2) is 4.65. The van der Waals surface area contributed by atoms with Crippen LogP contribution >= 0.6 is 0 Å². The van der Waals surface area contributed by atoms with Gasteiger partial charge in [0.25, 0.3) is 0 Å². The molecule has 2 amide bonds. The summed E-state index contributed by atoms with van der Waals surface area (Å²) in [4.78, 5) is 36.5. The van der Waals surface area contributed by atoms with Crippen molar-refractivity contribution in [2.24, 2.45) is 0 Å². The van der Waals surface area contributed by atoms with Gasteiger partial charge in [-0.05, 0) is 0 Å². The highest BCUT2D eigenvalue weighted by molar-refractivity contribution is 5.90. The van der Waals surface area contributed by atoms with E-state index in [1.807, 2.05) is 0 Å². The average Bonchev–Trinajstić information content (AvgIpc) is 2.26. The topological polar surface area (TPSA) is 79.3 Å². The molecule has 0 aliphatic carbocycles. The fourth-order valence-corrected chi connectivity index (χ4v) is 0.884. The second-order valence-electron chi connectivity index (χ2n) is 3.24. The Hall–Kier alpha value is -2.05. The van der Waals surface area contributed by atoms with Crippen molar-refractivity contribution in [2.45, 2.75) is 13.8 Å². The Morgan fingerprint density at radius 2 is 1.38 bits per heavy atom. The Morgan fingerprint density at radius 1 is 1.00 bits per heavy atom. The molecule has 7 nitrogen and oxygen atoms in total. The summed E-state index contributed by atoms with van der Waals surface area (Å²) in [5.41, 5.74) is 0. The van der Waals surface area contributed by atoms with Crippen molar-refractivity contribution in [3.63, 3.8) is 0 Å². The van der Waals surface area contributed by atoms with E-state index in [0.717, 1.165) is 0 Å². The number of hydrogen-bond donors (Lipinski definition) is 0. The van der Waals surface area contributed by atoms with E-state index in [2.05, 4.69) is 15.0 Å². The second-order valence-corrected chi connectivity index (χ2v) is 3.24. The van der Waals surface area contributed by atoms with Crippen molar-refractivity contribution < 1.29 is 9.59 Å². The van der Waals surface area contributed by atoms with Crippen molar-refractivity contribution >= 4 is 23.7 Å². The predicted octanol–water partition coefficient (Wildman–Crippen LogP) is -0.163. The molecule has 0 spiro atoms. The SMILES string of the molecule is CC(=O)N(C)c1ncnc(N(C)C(C)=O)n1. The van der Waals surface area contributed by atoms with Gasteiger partial charge in [-0.3, -0.25) is 19.4 Å². The number of aromatic nitrogens is 3. The zero-order valence-corrected chi connectivity index (χ0v) is 9.63. The van der Waals surface area contributed by atoms with Crippen LogP contribution in [0.4, 0.5) is 11.9 Å². The first-order valence-corrected chi connectivity index (χ1v) is 4.61. The van der Waals surface area contributed by atoms with Gasteiger partial charge in [-0.15, -0.1) is 0 Å². The predicted molar refractivity (Wildman–Crippen MR) is 58.0 cm³/mol. The Morgan fingerprint density at radius 3 is 1.69 bits per heavy atom. The van der Waals surface area contributed by atoms with Crippen LogP contribution in [0, 0.1) is 0 Å². The van der Waals surface area contributed by atoms with Crippen LogP contribution in [0.15, 0.2) is 6.33 Å². The molecule has 0 atom stereocenters. The third kappa shape index (κ3) is 2.50. The molecule has 86 valence electrons. The van der Waals surface area contributed by atoms with Crippen molar-refractivity contribution in [2.75, 3.05) is 23.9 Å². The molecule has 1 rings (SSSR count). The fraction of sp³-hybridized carbons (Fsp3) is 0.444. The highest BCUT2D eigenvalue weighted by Crippen LogP contribution is 2.09. The Bertz CT molecular complexity index is 385. The minimum absolute atomic E-state index is 0.192. The Balaban J connectivity index is 3.04. The van der Waals surface area contributed by atoms with Crippen molar-refractivity contribution in [3.8, 4) is 0 Å². The van der Waals surface area contributed by atoms with E-state index in [9.17, 15) is 9.59 Å². The van der Waals surface area contributed by atoms with Gasteiger partial charge < -0.3 is 0 Å². The van der Waals surface area contributed by atoms with E-state index in [1.165, 1.54) is 30.0 Å². The first-order valence-electron chi connectivity index (χ1n) is 4.61. The molecule has 0 aliphatic rings. The molecule has 0 radical (unpaired) electrons. The summed E-state index contributed by atoms with van der Waals surface area (Å²) in [7, 11) is 3.10. The first-order chi connectivity index (χ1) is 7.43. The lowest BCUT2D eigenvalue weighted by atomic mass is 10.6. The van der Waals surface area contributed by atoms with E-state index in [4.69, 9.17) is 0 Å². The summed E-state index contributed by atoms with van der Waals surface area (Å²) < 4.78 is 0. The quantitative estimate of drug-likeness (QED) is 0.695. The lowest BCUT2D eigenvalue weighted by molar-refractivity contribution is -0.117. The third-order valence-electron chi connectivity index (χ3n) is 2.09. The van der Waals surface area contributed by atoms with Gasteiger partial charge in [-0.25, -0.2) is 9.97 Å². The maximum Gasteiger partial charge on any atom is 0.236 e. The van der Waals surface area contributed by atoms with Crippen molar-refractivity contribution in [1.82, 2.24) is 15.0 Å². The summed E-state index contributed by atoms with van der Waals surface area (Å²) in [6.07, 6.45) is 1.26. The lowest BCUT2D eigenvalue weighted by Crippen LogP contribution is -2.28. The van der Waals surface area contributed by atoms with E-state index >= 15 is 0 Å². The summed E-state index contributed by atoms with van der Waals surface area (Å²) in [6, 6.07) is 0. The summed E-state index contributed by atoms with van der Waals surface area (Å²) in [6.45, 7) is 2.80. The van der Waals surface area contributed by atoms with Crippen molar-refractivity contribution in [3.05, 3.63) is 6.33 Å². The monoisotopic (exact) mass is 223 g/mol. The molecule has 7 heteroatoms. The number of nitrogens with zero attached hydrogens (tertiary/aromatic N) is 5. The number of rotatable bonds is 2. The average molecular weight is 223 g/mol. The zero-order chi connectivity index (χ0) is 12.3. The van der Waals surface area contributed by atoms with Gasteiger partial charge in [0.05, 0.1) is 0 Å². The van der Waals surface area contributed by atoms with Gasteiger partial charge in [0.1, 0.15) is 6.33 Å². The molecule has 1 aromatic heterocycles. The van der Waals surface area contributed by atoms with Gasteiger partial charge in [0.15, 0.2) is 0 Å². The molecule has 0 saturated carbocycles. The van der Waals surface area contributed by atoms with E-state index in [0.29, 0.717) is 0 Å². The van der Waals surface area contributed by atoms with Gasteiger partial charge in [0, 0.05) is 27.9 Å². The molecule has 0 aliphatic heterocycles. The standard InChI is InChI=1S/C9H13N5O2/c1-6(15)13(3)8-10-5-11-9(12-8)14(4)7(2)16/h5H,1-4H3. The van der Waals surface area contributed by atoms with E-state index < -0.39 is 0 Å². The molecule has 1 heterocycles. The molecule has 0 unspecified atom stereocenters. The van der Waals surface area contributed by atoms with Gasteiger partial charge >= 0.3 is 0 Å². The van der Waals surface area contributed by atoms with Gasteiger partial charge in [0.2, 0.25) is 23.7 Å². The molecule has 0 saturated heterocycles. The molecule has 0 aromatic carbocycles. The summed E-state index contributed by atoms with van der Waals surface area (Å²) in [5, 5.41) is 0. The largest absolute Gasteiger partial charge is 0.284 e. The normalized spacial score (nSPS) is 9.75. The smallest absolute Gasteiger partial charge is 0.236 e.